The van der Waals surface area contributed by atoms with Gasteiger partial charge < -0.3 is 0 Å². The summed E-state index contributed by atoms with van der Waals surface area (Å²) in [6.45, 7) is 0. The fourth-order valence-electron chi connectivity index (χ4n) is 1.84. The Hall–Kier alpha value is -0.850. The summed E-state index contributed by atoms with van der Waals surface area (Å²) >= 11 is 0. The van der Waals surface area contributed by atoms with Crippen molar-refractivity contribution in [1.29, 1.82) is 0 Å². The van der Waals surface area contributed by atoms with Crippen LogP contribution in [0, 0.1) is 0 Å². The van der Waals surface area contributed by atoms with Crippen LogP contribution in [-0.2, 0) is 0 Å². The van der Waals surface area contributed by atoms with Crippen molar-refractivity contribution in [3.63, 3.8) is 0 Å². The number of rotatable bonds is 1. The van der Waals surface area contributed by atoms with Crippen LogP contribution in [0.25, 0.3) is 0 Å². The van der Waals surface area contributed by atoms with Crippen LogP contribution in [-0.4, -0.2) is 4.98 Å². The largest absolute Gasteiger partial charge is 0.261 e. The first-order valence-electron chi connectivity index (χ1n) is 4.38. The second-order valence-electron chi connectivity index (χ2n) is 3.24. The van der Waals surface area contributed by atoms with E-state index in [0.717, 1.165) is 5.92 Å². The van der Waals surface area contributed by atoms with Crippen LogP contribution in [0.2, 0.25) is 0 Å². The van der Waals surface area contributed by atoms with E-state index in [0.29, 0.717) is 0 Å². The molecule has 1 saturated carbocycles. The molecule has 0 bridgehead atoms. The highest BCUT2D eigenvalue weighted by Gasteiger charge is 2.17. The fraction of sp³-hybridized carbons (Fsp3) is 0.500. The Morgan fingerprint density at radius 3 is 2.64 bits per heavy atom. The van der Waals surface area contributed by atoms with E-state index in [2.05, 4.69) is 17.1 Å². The van der Waals surface area contributed by atoms with Crippen molar-refractivity contribution in [2.75, 3.05) is 0 Å². The van der Waals surface area contributed by atoms with E-state index in [9.17, 15) is 0 Å². The Bertz CT molecular complexity index is 212. The first-order chi connectivity index (χ1) is 5.47. The molecule has 1 heteroatoms. The molecule has 0 aliphatic heterocycles. The van der Waals surface area contributed by atoms with Crippen LogP contribution in [0.1, 0.15) is 37.3 Å². The van der Waals surface area contributed by atoms with Gasteiger partial charge in [-0.1, -0.05) is 18.9 Å². The van der Waals surface area contributed by atoms with Crippen molar-refractivity contribution in [2.24, 2.45) is 0 Å². The Morgan fingerprint density at radius 1 is 1.18 bits per heavy atom. The van der Waals surface area contributed by atoms with E-state index in [1.807, 2.05) is 12.3 Å². The second-order valence-corrected chi connectivity index (χ2v) is 3.24. The van der Waals surface area contributed by atoms with Gasteiger partial charge in [0.25, 0.3) is 0 Å². The van der Waals surface area contributed by atoms with E-state index in [4.69, 9.17) is 0 Å². The smallest absolute Gasteiger partial charge is 0.0434 e. The van der Waals surface area contributed by atoms with E-state index in [1.54, 1.807) is 0 Å². The Morgan fingerprint density at radius 2 is 2.00 bits per heavy atom. The lowest BCUT2D eigenvalue weighted by Crippen LogP contribution is -1.94. The van der Waals surface area contributed by atoms with Crippen LogP contribution in [0.5, 0.6) is 0 Å². The Balaban J connectivity index is 2.16. The summed E-state index contributed by atoms with van der Waals surface area (Å²) in [6, 6.07) is 6.22. The van der Waals surface area contributed by atoms with Gasteiger partial charge in [-0.15, -0.1) is 0 Å². The predicted octanol–water partition coefficient (Wildman–Crippen LogP) is 2.74. The normalized spacial score (nSPS) is 18.9. The number of nitrogens with zero attached hydrogens (tertiary/aromatic N) is 1. The molecule has 0 saturated heterocycles. The van der Waals surface area contributed by atoms with Crippen LogP contribution >= 0.6 is 0 Å². The minimum Gasteiger partial charge on any atom is -0.261 e. The van der Waals surface area contributed by atoms with Gasteiger partial charge in [0.05, 0.1) is 0 Å². The molecule has 1 fully saturated rings. The maximum absolute atomic E-state index is 4.36. The summed E-state index contributed by atoms with van der Waals surface area (Å²) in [5, 5.41) is 0. The molecule has 0 aromatic carbocycles. The van der Waals surface area contributed by atoms with Gasteiger partial charge in [0, 0.05) is 17.8 Å². The highest BCUT2D eigenvalue weighted by molar-refractivity contribution is 5.10. The third kappa shape index (κ3) is 1.42. The van der Waals surface area contributed by atoms with Crippen LogP contribution < -0.4 is 0 Å². The summed E-state index contributed by atoms with van der Waals surface area (Å²) in [7, 11) is 0. The Kier molecular flexibility index (Phi) is 1.89. The van der Waals surface area contributed by atoms with Gasteiger partial charge in [-0.25, -0.2) is 0 Å². The number of hydrogen-bond acceptors (Lipinski definition) is 1. The molecule has 2 rings (SSSR count). The molecule has 0 unspecified atom stereocenters. The molecule has 1 aromatic rings. The molecule has 0 N–H and O–H groups in total. The zero-order valence-corrected chi connectivity index (χ0v) is 6.66. The minimum atomic E-state index is 0.760. The van der Waals surface area contributed by atoms with Gasteiger partial charge in [-0.3, -0.25) is 4.98 Å². The zero-order valence-electron chi connectivity index (χ0n) is 6.66. The van der Waals surface area contributed by atoms with Gasteiger partial charge >= 0.3 is 0 Å². The van der Waals surface area contributed by atoms with Crippen molar-refractivity contribution in [2.45, 2.75) is 31.6 Å². The molecule has 0 spiro atoms. The molecule has 1 aromatic heterocycles. The van der Waals surface area contributed by atoms with Crippen molar-refractivity contribution >= 4 is 0 Å². The van der Waals surface area contributed by atoms with Gasteiger partial charge in [0.2, 0.25) is 0 Å². The predicted molar refractivity (Wildman–Crippen MR) is 45.4 cm³/mol. The summed E-state index contributed by atoms with van der Waals surface area (Å²) < 4.78 is 0. The molecule has 0 atom stereocenters. The summed E-state index contributed by atoms with van der Waals surface area (Å²) in [6.07, 6.45) is 7.37. The summed E-state index contributed by atoms with van der Waals surface area (Å²) in [5.74, 6) is 0.760. The van der Waals surface area contributed by atoms with Crippen LogP contribution in [0.15, 0.2) is 24.4 Å². The third-order valence-electron chi connectivity index (χ3n) is 2.46. The van der Waals surface area contributed by atoms with E-state index >= 15 is 0 Å². The number of aromatic nitrogens is 1. The topological polar surface area (TPSA) is 12.9 Å². The van der Waals surface area contributed by atoms with Gasteiger partial charge in [-0.2, -0.15) is 0 Å². The van der Waals surface area contributed by atoms with Crippen molar-refractivity contribution in [3.8, 4) is 0 Å². The minimum absolute atomic E-state index is 0.760. The average molecular weight is 147 g/mol. The average Bonchev–Trinajstić information content (AvgIpc) is 2.58. The maximum atomic E-state index is 4.36. The maximum Gasteiger partial charge on any atom is 0.0434 e. The SMILES string of the molecule is c1ccc(C2CCCC2)nc1. The van der Waals surface area contributed by atoms with Crippen molar-refractivity contribution in [1.82, 2.24) is 4.98 Å². The highest BCUT2D eigenvalue weighted by Crippen LogP contribution is 2.32. The fourth-order valence-corrected chi connectivity index (χ4v) is 1.84. The van der Waals surface area contributed by atoms with Crippen molar-refractivity contribution in [3.05, 3.63) is 30.1 Å². The number of pyridine rings is 1. The van der Waals surface area contributed by atoms with E-state index in [-0.39, 0.29) is 0 Å². The molecule has 1 heterocycles. The monoisotopic (exact) mass is 147 g/mol. The van der Waals surface area contributed by atoms with Gasteiger partial charge in [0.15, 0.2) is 0 Å². The van der Waals surface area contributed by atoms with E-state index in [1.165, 1.54) is 31.4 Å². The van der Waals surface area contributed by atoms with E-state index < -0.39 is 0 Å². The summed E-state index contributed by atoms with van der Waals surface area (Å²) in [4.78, 5) is 4.36. The lowest BCUT2D eigenvalue weighted by atomic mass is 10.0. The second kappa shape index (κ2) is 3.04. The number of hydrogen-bond donors (Lipinski definition) is 0. The van der Waals surface area contributed by atoms with Crippen molar-refractivity contribution < 1.29 is 0 Å². The molecule has 11 heavy (non-hydrogen) atoms. The lowest BCUT2D eigenvalue weighted by Gasteiger charge is -2.05. The van der Waals surface area contributed by atoms with Gasteiger partial charge in [-0.05, 0) is 25.0 Å². The molecule has 58 valence electrons. The molecule has 1 aliphatic carbocycles. The molecule has 0 radical (unpaired) electrons. The zero-order chi connectivity index (χ0) is 7.52. The standard InChI is InChI=1S/C10H13N/c1-2-6-9(5-1)10-7-3-4-8-11-10/h3-4,7-9H,1-2,5-6H2. The van der Waals surface area contributed by atoms with Crippen LogP contribution in [0.4, 0.5) is 0 Å². The molecule has 0 amide bonds. The quantitative estimate of drug-likeness (QED) is 0.595. The molecule has 1 nitrogen and oxygen atoms in total. The molecular weight excluding hydrogens is 134 g/mol. The lowest BCUT2D eigenvalue weighted by molar-refractivity contribution is 0.697. The summed E-state index contributed by atoms with van der Waals surface area (Å²) in [5.41, 5.74) is 1.30. The first kappa shape index (κ1) is 6.84. The molecular formula is C10H13N. The third-order valence-corrected chi connectivity index (χ3v) is 2.46. The first-order valence-corrected chi connectivity index (χ1v) is 4.38. The Labute approximate surface area is 67.5 Å². The van der Waals surface area contributed by atoms with Gasteiger partial charge in [0.1, 0.15) is 0 Å². The highest BCUT2D eigenvalue weighted by atomic mass is 14.7. The van der Waals surface area contributed by atoms with Crippen LogP contribution in [0.3, 0.4) is 0 Å². The molecule has 1 aliphatic rings.